The van der Waals surface area contributed by atoms with E-state index in [2.05, 4.69) is 342 Å². The summed E-state index contributed by atoms with van der Waals surface area (Å²) in [6.45, 7) is 32.8. The Morgan fingerprint density at radius 2 is 0.989 bits per heavy atom. The molecule has 1 aliphatic heterocycles. The number of para-hydroxylation sites is 3. The van der Waals surface area contributed by atoms with Gasteiger partial charge in [0.15, 0.2) is 0 Å². The molecule has 0 N–H and O–H groups in total. The van der Waals surface area contributed by atoms with Gasteiger partial charge < -0.3 is 19.1 Å². The fraction of sp³-hybridized carbons (Fsp3) is 0.241. The minimum Gasteiger partial charge on any atom is -0.509 e. The number of pyridine rings is 1. The maximum atomic E-state index is 7.53. The van der Waals surface area contributed by atoms with Gasteiger partial charge in [0.1, 0.15) is 5.82 Å². The molecule has 10 aromatic carbocycles. The zero-order valence-corrected chi connectivity index (χ0v) is 58.1. The molecule has 6 heteroatoms. The van der Waals surface area contributed by atoms with Crippen molar-refractivity contribution in [1.82, 2.24) is 9.55 Å². The molecular weight excluding hydrogens is 1310 g/mol. The third kappa shape index (κ3) is 10.3. The standard InChI is InChI=1S/C87H81N4O.Pt/c1-82(2,3)59-46-60(83(4,5)6)48-62(47-59)87(71-35-23-20-32-65(71)66-33-21-24-36-72(66)87)58-42-45-88-79(51-58)91-74-37-25-22-34-67(74)68-41-40-64(54-77(68)91)92-78-53-63(52-73-80(78)86(12,13)44-43-85(73,10)11)89-55-90(76-39-27-26-38-75(76)89)81-69(56-28-16-14-17-29-56)49-61(84(7,8)9)50-70(81)57-30-18-15-19-31-57;/h14-42,45-52,55H,43-44H2,1-13H3;/q-3;. The SMILES string of the molecule is CC(C)(C)c1cc(C(C)(C)C)cc(C2(c3ccnc(-n4c5[c-]c(Oc6[c-]c(N7[CH-]N(c8c(-c9ccccc9)cc(C(C)(C)C)cc8-c8ccccc8)c8ccccc87)cc7c6C(C)(C)CCC7(C)C)ccc5c5ccccc54)c3)c3ccccc3-c3ccccc32)c1.[Pt]. The van der Waals surface area contributed by atoms with Crippen molar-refractivity contribution in [1.29, 1.82) is 0 Å². The number of fused-ring (bicyclic) bond motifs is 8. The van der Waals surface area contributed by atoms with Crippen LogP contribution < -0.4 is 14.5 Å². The molecule has 5 nitrogen and oxygen atoms in total. The number of hydrogen-bond acceptors (Lipinski definition) is 4. The molecule has 468 valence electrons. The van der Waals surface area contributed by atoms with Gasteiger partial charge in [-0.3, -0.25) is 0 Å². The minimum atomic E-state index is -0.668. The Labute approximate surface area is 565 Å². The average Bonchev–Trinajstić information content (AvgIpc) is 1.57. The van der Waals surface area contributed by atoms with Crippen LogP contribution >= 0.6 is 0 Å². The molecule has 0 amide bonds. The summed E-state index contributed by atoms with van der Waals surface area (Å²) in [7, 11) is 0. The smallest absolute Gasteiger partial charge is 0.135 e. The third-order valence-electron chi connectivity index (χ3n) is 20.3. The van der Waals surface area contributed by atoms with E-state index >= 15 is 0 Å². The molecule has 0 unspecified atom stereocenters. The van der Waals surface area contributed by atoms with E-state index in [4.69, 9.17) is 9.72 Å². The fourth-order valence-electron chi connectivity index (χ4n) is 15.1. The number of nitrogens with zero attached hydrogens (tertiary/aromatic N) is 4. The van der Waals surface area contributed by atoms with E-state index in [-0.39, 0.29) is 48.1 Å². The predicted molar refractivity (Wildman–Crippen MR) is 384 cm³/mol. The van der Waals surface area contributed by atoms with Gasteiger partial charge in [-0.2, -0.15) is 6.07 Å². The van der Waals surface area contributed by atoms with E-state index in [0.29, 0.717) is 5.75 Å². The van der Waals surface area contributed by atoms with Gasteiger partial charge in [-0.25, -0.2) is 4.98 Å². The molecule has 0 fully saturated rings. The molecular formula is C87H81N4OPt-3. The van der Waals surface area contributed by atoms with Crippen LogP contribution in [-0.4, -0.2) is 9.55 Å². The summed E-state index contributed by atoms with van der Waals surface area (Å²) in [6, 6.07) is 88.9. The average molecular weight is 1390 g/mol. The Morgan fingerprint density at radius 3 is 1.59 bits per heavy atom. The van der Waals surface area contributed by atoms with Gasteiger partial charge in [0, 0.05) is 72.5 Å². The summed E-state index contributed by atoms with van der Waals surface area (Å²) < 4.78 is 9.84. The number of benzene rings is 10. The van der Waals surface area contributed by atoms with Gasteiger partial charge in [0.2, 0.25) is 0 Å². The van der Waals surface area contributed by atoms with E-state index in [9.17, 15) is 0 Å². The number of ether oxygens (including phenoxy) is 1. The summed E-state index contributed by atoms with van der Waals surface area (Å²) in [4.78, 5) is 10.1. The van der Waals surface area contributed by atoms with E-state index < -0.39 is 5.41 Å². The Balaban J connectivity index is 0.00000749. The topological polar surface area (TPSA) is 33.5 Å². The number of hydrogen-bond donors (Lipinski definition) is 0. The quantitative estimate of drug-likeness (QED) is 0.135. The van der Waals surface area contributed by atoms with E-state index in [1.807, 2.05) is 6.20 Å². The first kappa shape index (κ1) is 61.7. The molecule has 2 aliphatic carbocycles. The Morgan fingerprint density at radius 1 is 0.462 bits per heavy atom. The number of rotatable bonds is 9. The van der Waals surface area contributed by atoms with E-state index in [1.165, 1.54) is 66.8 Å². The molecule has 3 aliphatic rings. The van der Waals surface area contributed by atoms with E-state index in [0.717, 1.165) is 85.7 Å². The maximum absolute atomic E-state index is 7.53. The second-order valence-electron chi connectivity index (χ2n) is 30.4. The second-order valence-corrected chi connectivity index (χ2v) is 30.4. The minimum absolute atomic E-state index is 0. The molecule has 0 spiro atoms. The fourth-order valence-corrected chi connectivity index (χ4v) is 15.1. The maximum Gasteiger partial charge on any atom is 0.135 e. The zero-order chi connectivity index (χ0) is 63.9. The van der Waals surface area contributed by atoms with Gasteiger partial charge >= 0.3 is 0 Å². The molecule has 2 aromatic heterocycles. The number of anilines is 4. The van der Waals surface area contributed by atoms with Crippen molar-refractivity contribution >= 4 is 44.6 Å². The number of aromatic nitrogens is 2. The van der Waals surface area contributed by atoms with Crippen molar-refractivity contribution in [3.8, 4) is 50.7 Å². The van der Waals surface area contributed by atoms with Gasteiger partial charge in [-0.15, -0.1) is 53.1 Å². The molecule has 0 bridgehead atoms. The van der Waals surface area contributed by atoms with Gasteiger partial charge in [-0.05, 0) is 137 Å². The third-order valence-corrected chi connectivity index (χ3v) is 20.3. The van der Waals surface area contributed by atoms with Crippen molar-refractivity contribution in [3.05, 3.63) is 293 Å². The molecule has 93 heavy (non-hydrogen) atoms. The Bertz CT molecular complexity index is 4760. The summed E-state index contributed by atoms with van der Waals surface area (Å²) in [6.07, 6.45) is 4.06. The van der Waals surface area contributed by atoms with Crippen molar-refractivity contribution < 1.29 is 25.8 Å². The zero-order valence-electron chi connectivity index (χ0n) is 55.9. The Hall–Kier alpha value is -8.76. The van der Waals surface area contributed by atoms with Gasteiger partial charge in [-0.1, -0.05) is 265 Å². The van der Waals surface area contributed by atoms with Gasteiger partial charge in [0.25, 0.3) is 0 Å². The van der Waals surface area contributed by atoms with Gasteiger partial charge in [0.05, 0.1) is 5.41 Å². The van der Waals surface area contributed by atoms with Crippen LogP contribution in [0, 0.1) is 18.8 Å². The first-order valence-electron chi connectivity index (χ1n) is 32.9. The summed E-state index contributed by atoms with van der Waals surface area (Å²) in [5.41, 5.74) is 23.3. The predicted octanol–water partition coefficient (Wildman–Crippen LogP) is 22.9. The van der Waals surface area contributed by atoms with Crippen LogP contribution in [-0.2, 0) is 53.6 Å². The molecule has 0 saturated carbocycles. The van der Waals surface area contributed by atoms with Crippen LogP contribution in [0.5, 0.6) is 11.5 Å². The molecule has 15 rings (SSSR count). The molecule has 0 atom stereocenters. The summed E-state index contributed by atoms with van der Waals surface area (Å²) in [5, 5.41) is 2.20. The molecule has 12 aromatic rings. The van der Waals surface area contributed by atoms with Crippen LogP contribution in [0.4, 0.5) is 22.7 Å². The van der Waals surface area contributed by atoms with Crippen LogP contribution in [0.3, 0.4) is 0 Å². The normalized spacial score (nSPS) is 15.4. The van der Waals surface area contributed by atoms with Crippen LogP contribution in [0.1, 0.15) is 153 Å². The van der Waals surface area contributed by atoms with Crippen LogP contribution in [0.25, 0.3) is 61.0 Å². The summed E-state index contributed by atoms with van der Waals surface area (Å²) >= 11 is 0. The van der Waals surface area contributed by atoms with Crippen LogP contribution in [0.2, 0.25) is 0 Å². The largest absolute Gasteiger partial charge is 0.509 e. The van der Waals surface area contributed by atoms with Crippen molar-refractivity contribution in [2.24, 2.45) is 0 Å². The second kappa shape index (κ2) is 22.5. The van der Waals surface area contributed by atoms with Crippen molar-refractivity contribution in [2.75, 3.05) is 9.80 Å². The molecule has 3 heterocycles. The first-order valence-corrected chi connectivity index (χ1v) is 32.9. The van der Waals surface area contributed by atoms with Crippen molar-refractivity contribution in [3.63, 3.8) is 0 Å². The molecule has 0 saturated heterocycles. The monoisotopic (exact) mass is 1390 g/mol. The van der Waals surface area contributed by atoms with Crippen molar-refractivity contribution in [2.45, 2.75) is 135 Å². The first-order chi connectivity index (χ1) is 44.0. The summed E-state index contributed by atoms with van der Waals surface area (Å²) in [5.74, 6) is 2.14. The Kier molecular flexibility index (Phi) is 14.9. The van der Waals surface area contributed by atoms with E-state index in [1.54, 1.807) is 0 Å². The molecule has 0 radical (unpaired) electrons. The van der Waals surface area contributed by atoms with Crippen LogP contribution in [0.15, 0.2) is 225 Å².